The van der Waals surface area contributed by atoms with Crippen molar-refractivity contribution in [1.29, 1.82) is 0 Å². The fourth-order valence-corrected chi connectivity index (χ4v) is 4.86. The van der Waals surface area contributed by atoms with Crippen molar-refractivity contribution in [1.82, 2.24) is 3.71 Å². The molecule has 0 atom stereocenters. The van der Waals surface area contributed by atoms with Crippen molar-refractivity contribution < 1.29 is 13.2 Å². The maximum atomic E-state index is 12.0. The molecule has 0 unspecified atom stereocenters. The number of carbonyl (C=O) groups is 1. The van der Waals surface area contributed by atoms with Crippen LogP contribution in [0.1, 0.15) is 10.4 Å². The van der Waals surface area contributed by atoms with Gasteiger partial charge >= 0.3 is 0 Å². The van der Waals surface area contributed by atoms with E-state index in [1.54, 1.807) is 6.07 Å². The third kappa shape index (κ3) is 2.37. The third-order valence-electron chi connectivity index (χ3n) is 1.97. The molecule has 0 N–H and O–H groups in total. The summed E-state index contributed by atoms with van der Waals surface area (Å²) >= 11 is 16.8. The Morgan fingerprint density at radius 1 is 1.18 bits per heavy atom. The van der Waals surface area contributed by atoms with Crippen LogP contribution in [0.15, 0.2) is 29.2 Å². The molecule has 1 aliphatic heterocycles. The molecular weight excluding hydrogens is 329 g/mol. The molecule has 2 rings (SSSR count). The number of benzene rings is 1. The fourth-order valence-electron chi connectivity index (χ4n) is 1.35. The second-order valence-electron chi connectivity index (χ2n) is 3.07. The molecule has 9 heteroatoms. The minimum absolute atomic E-state index is 0.0771. The second kappa shape index (κ2) is 4.20. The predicted molar refractivity (Wildman–Crippen MR) is 67.7 cm³/mol. The Hall–Kier alpha value is -0.140. The van der Waals surface area contributed by atoms with Crippen molar-refractivity contribution in [2.75, 3.05) is 0 Å². The Kier molecular flexibility index (Phi) is 3.29. The topological polar surface area (TPSA) is 54.5 Å². The third-order valence-corrected chi connectivity index (χ3v) is 5.45. The average molecular weight is 333 g/mol. The van der Waals surface area contributed by atoms with Crippen LogP contribution >= 0.6 is 46.8 Å². The van der Waals surface area contributed by atoms with E-state index in [1.165, 1.54) is 18.2 Å². The van der Waals surface area contributed by atoms with Crippen molar-refractivity contribution >= 4 is 62.7 Å². The summed E-state index contributed by atoms with van der Waals surface area (Å²) in [5.41, 5.74) is 0.0780. The molecule has 1 aromatic rings. The van der Waals surface area contributed by atoms with Gasteiger partial charge in [-0.3, -0.25) is 4.79 Å². The van der Waals surface area contributed by atoms with Crippen molar-refractivity contribution in [3.05, 3.63) is 29.8 Å². The second-order valence-corrected chi connectivity index (χ2v) is 9.17. The van der Waals surface area contributed by atoms with Crippen LogP contribution in [-0.2, 0) is 10.0 Å². The molecule has 0 spiro atoms. The number of carbonyl (C=O) groups excluding carboxylic acids is 1. The van der Waals surface area contributed by atoms with E-state index in [4.69, 9.17) is 34.8 Å². The Balaban J connectivity index is 2.52. The van der Waals surface area contributed by atoms with Crippen LogP contribution in [0.4, 0.5) is 0 Å². The zero-order chi connectivity index (χ0) is 12.8. The van der Waals surface area contributed by atoms with Crippen LogP contribution in [0.5, 0.6) is 0 Å². The monoisotopic (exact) mass is 331 g/mol. The predicted octanol–water partition coefficient (Wildman–Crippen LogP) is 2.81. The lowest BCUT2D eigenvalue weighted by Crippen LogP contribution is -2.25. The van der Waals surface area contributed by atoms with Gasteiger partial charge in [-0.2, -0.15) is 3.71 Å². The van der Waals surface area contributed by atoms with Gasteiger partial charge in [0.2, 0.25) is 0 Å². The number of hydrogen-bond acceptors (Lipinski definition) is 4. The van der Waals surface area contributed by atoms with E-state index in [1.807, 2.05) is 0 Å². The molecule has 1 aromatic carbocycles. The number of hydrogen-bond donors (Lipinski definition) is 0. The molecule has 1 heterocycles. The Morgan fingerprint density at radius 2 is 1.76 bits per heavy atom. The van der Waals surface area contributed by atoms with Gasteiger partial charge in [-0.05, 0) is 12.1 Å². The van der Waals surface area contributed by atoms with Crippen molar-refractivity contribution in [2.24, 2.45) is 0 Å². The molecule has 0 aliphatic carbocycles. The van der Waals surface area contributed by atoms with Crippen LogP contribution in [-0.4, -0.2) is 21.2 Å². The van der Waals surface area contributed by atoms with Gasteiger partial charge in [0.25, 0.3) is 19.1 Å². The summed E-state index contributed by atoms with van der Waals surface area (Å²) in [5, 5.41) is 0. The average Bonchev–Trinajstić information content (AvgIpc) is 2.39. The Labute approximate surface area is 117 Å². The number of sulfonamides is 1. The lowest BCUT2D eigenvalue weighted by atomic mass is 10.2. The summed E-state index contributed by atoms with van der Waals surface area (Å²) in [7, 11) is -3.94. The first-order chi connectivity index (χ1) is 7.73. The van der Waals surface area contributed by atoms with Gasteiger partial charge in [0.05, 0.1) is 5.56 Å². The molecule has 1 aliphatic rings. The van der Waals surface area contributed by atoms with E-state index in [-0.39, 0.29) is 10.5 Å². The number of fused-ring (bicyclic) bond motifs is 1. The molecule has 4 nitrogen and oxygen atoms in total. The van der Waals surface area contributed by atoms with E-state index in [0.29, 0.717) is 15.7 Å². The minimum Gasteiger partial charge on any atom is -0.267 e. The number of nitrogens with zero attached hydrogens (tertiary/aromatic N) is 1. The Morgan fingerprint density at radius 3 is 2.29 bits per heavy atom. The first kappa shape index (κ1) is 13.3. The van der Waals surface area contributed by atoms with Gasteiger partial charge in [0.1, 0.15) is 4.90 Å². The van der Waals surface area contributed by atoms with Crippen LogP contribution in [0.3, 0.4) is 0 Å². The first-order valence-corrected chi connectivity index (χ1v) is 7.53. The van der Waals surface area contributed by atoms with Gasteiger partial charge in [-0.25, -0.2) is 8.42 Å². The molecule has 0 bridgehead atoms. The highest BCUT2D eigenvalue weighted by molar-refractivity contribution is 8.12. The van der Waals surface area contributed by atoms with E-state index in [2.05, 4.69) is 0 Å². The smallest absolute Gasteiger partial charge is 0.267 e. The molecule has 0 saturated heterocycles. The molecule has 92 valence electrons. The summed E-state index contributed by atoms with van der Waals surface area (Å²) in [6, 6.07) is 5.83. The summed E-state index contributed by atoms with van der Waals surface area (Å²) < 4.78 is 22.5. The summed E-state index contributed by atoms with van der Waals surface area (Å²) in [6.45, 7) is 0. The molecule has 1 amide bonds. The van der Waals surface area contributed by atoms with E-state index >= 15 is 0 Å². The van der Waals surface area contributed by atoms with Crippen molar-refractivity contribution in [3.8, 4) is 0 Å². The normalized spacial score (nSPS) is 18.3. The largest absolute Gasteiger partial charge is 0.279 e. The highest BCUT2D eigenvalue weighted by Gasteiger charge is 2.45. The SMILES string of the molecule is O=C1c2ccccc2S(=O)(=O)N1SC(Cl)(Cl)Cl. The van der Waals surface area contributed by atoms with Gasteiger partial charge in [-0.1, -0.05) is 46.9 Å². The molecule has 0 aromatic heterocycles. The minimum atomic E-state index is -3.94. The highest BCUT2D eigenvalue weighted by atomic mass is 35.6. The summed E-state index contributed by atoms with van der Waals surface area (Å²) in [5.74, 6) is -0.711. The van der Waals surface area contributed by atoms with Gasteiger partial charge in [-0.15, -0.1) is 0 Å². The number of alkyl halides is 3. The van der Waals surface area contributed by atoms with Crippen LogP contribution in [0.2, 0.25) is 0 Å². The summed E-state index contributed by atoms with van der Waals surface area (Å²) in [6.07, 6.45) is 0. The van der Waals surface area contributed by atoms with E-state index < -0.39 is 19.1 Å². The highest BCUT2D eigenvalue weighted by Crippen LogP contribution is 2.46. The zero-order valence-corrected chi connectivity index (χ0v) is 11.8. The molecule has 17 heavy (non-hydrogen) atoms. The van der Waals surface area contributed by atoms with E-state index in [9.17, 15) is 13.2 Å². The number of rotatable bonds is 1. The van der Waals surface area contributed by atoms with Crippen LogP contribution in [0.25, 0.3) is 0 Å². The van der Waals surface area contributed by atoms with Gasteiger partial charge in [0, 0.05) is 11.9 Å². The summed E-state index contributed by atoms with van der Waals surface area (Å²) in [4.78, 5) is 11.8. The lowest BCUT2D eigenvalue weighted by Gasteiger charge is -2.17. The van der Waals surface area contributed by atoms with Crippen LogP contribution in [0, 0.1) is 0 Å². The molecule has 0 saturated carbocycles. The van der Waals surface area contributed by atoms with Crippen molar-refractivity contribution in [2.45, 2.75) is 8.02 Å². The number of halogens is 3. The maximum Gasteiger partial charge on any atom is 0.279 e. The molecule has 0 fully saturated rings. The fraction of sp³-hybridized carbons (Fsp3) is 0.125. The van der Waals surface area contributed by atoms with Gasteiger partial charge in [0.15, 0.2) is 0 Å². The van der Waals surface area contributed by atoms with Crippen LogP contribution < -0.4 is 0 Å². The quantitative estimate of drug-likeness (QED) is 0.586. The zero-order valence-electron chi connectivity index (χ0n) is 7.93. The maximum absolute atomic E-state index is 12.0. The van der Waals surface area contributed by atoms with Crippen molar-refractivity contribution in [3.63, 3.8) is 0 Å². The van der Waals surface area contributed by atoms with E-state index in [0.717, 1.165) is 0 Å². The standard InChI is InChI=1S/C8H4Cl3NO3S2/c9-8(10,11)16-12-7(13)5-3-1-2-4-6(5)17(12,14)15/h1-4H. The number of amides is 1. The van der Waals surface area contributed by atoms with Gasteiger partial charge < -0.3 is 0 Å². The molecular formula is C8H4Cl3NO3S2. The Bertz CT molecular complexity index is 582. The molecule has 0 radical (unpaired) electrons. The first-order valence-electron chi connectivity index (χ1n) is 4.18. The lowest BCUT2D eigenvalue weighted by molar-refractivity contribution is 0.0934.